The Bertz CT molecular complexity index is 31.8. The van der Waals surface area contributed by atoms with Crippen LogP contribution in [-0.2, 0) is 39.0 Å². The molecule has 0 spiro atoms. The van der Waals surface area contributed by atoms with Crippen molar-refractivity contribution >= 4 is 0 Å². The molecule has 0 aliphatic rings. The van der Waals surface area contributed by atoms with Crippen molar-refractivity contribution in [2.24, 2.45) is 0 Å². The van der Waals surface area contributed by atoms with E-state index in [1.807, 2.05) is 0 Å². The first-order valence-electron chi connectivity index (χ1n) is 0.565. The van der Waals surface area contributed by atoms with Crippen LogP contribution in [0.2, 0.25) is 0 Å². The van der Waals surface area contributed by atoms with E-state index in [4.69, 9.17) is 15.3 Å². The molecule has 0 aromatic rings. The van der Waals surface area contributed by atoms with Crippen molar-refractivity contribution in [1.82, 2.24) is 0 Å². The molecule has 0 saturated heterocycles. The Morgan fingerprint density at radius 3 is 1.50 bits per heavy atom. The van der Waals surface area contributed by atoms with Gasteiger partial charge >= 0.3 is 0 Å². The zero-order chi connectivity index (χ0) is 3.58. The summed E-state index contributed by atoms with van der Waals surface area (Å²) in [5, 5.41) is 13.6. The van der Waals surface area contributed by atoms with Gasteiger partial charge in [0.1, 0.15) is 0 Å². The molecule has 0 aliphatic heterocycles. The molecule has 0 saturated carbocycles. The summed E-state index contributed by atoms with van der Waals surface area (Å²) in [4.78, 5) is 8.36. The van der Waals surface area contributed by atoms with Gasteiger partial charge in [0.05, 0.1) is 0 Å². The molecule has 0 aromatic carbocycles. The Hall–Kier alpha value is 0.447. The molecular weight excluding hydrogens is 264 g/mol. The summed E-state index contributed by atoms with van der Waals surface area (Å²) in [6, 6.07) is 0. The van der Waals surface area contributed by atoms with Crippen molar-refractivity contribution in [2.75, 3.05) is 0 Å². The summed E-state index contributed by atoms with van der Waals surface area (Å²) >= 11 is 0. The number of hydrogen-bond donors (Lipinski definition) is 1. The van der Waals surface area contributed by atoms with E-state index in [9.17, 15) is 0 Å². The van der Waals surface area contributed by atoms with E-state index < -0.39 is 5.09 Å². The average Bonchev–Trinajstić information content (AvgIpc) is 0.811. The number of hydrogen-bond acceptors (Lipinski definition) is 2. The zero-order valence-electron chi connectivity index (χ0n) is 2.42. The van der Waals surface area contributed by atoms with E-state index in [0.29, 0.717) is 0 Å². The van der Waals surface area contributed by atoms with Crippen molar-refractivity contribution in [3.8, 4) is 0 Å². The van der Waals surface area contributed by atoms with E-state index in [-0.39, 0.29) is 39.0 Å². The van der Waals surface area contributed by atoms with Crippen LogP contribution in [-0.4, -0.2) is 10.3 Å². The topological polar surface area (TPSA) is 63.4 Å². The maximum atomic E-state index is 8.36. The molecule has 0 aliphatic carbocycles. The molecule has 0 heterocycles. The Morgan fingerprint density at radius 2 is 1.50 bits per heavy atom. The van der Waals surface area contributed by atoms with Gasteiger partial charge in [-0.1, -0.05) is 0 Å². The molecule has 0 rings (SSSR count). The van der Waals surface area contributed by atoms with E-state index in [2.05, 4.69) is 0 Å². The maximum absolute atomic E-state index is 8.36. The molecule has 0 amide bonds. The second-order valence-electron chi connectivity index (χ2n) is 0.238. The summed E-state index contributed by atoms with van der Waals surface area (Å²) < 4.78 is 0. The maximum Gasteiger partial charge on any atom is 0.291 e. The van der Waals surface area contributed by atoms with E-state index >= 15 is 0 Å². The van der Waals surface area contributed by atoms with Gasteiger partial charge in [-0.2, -0.15) is 0 Å². The Balaban J connectivity index is -0.0000000450. The van der Waals surface area contributed by atoms with Crippen molar-refractivity contribution in [2.45, 2.75) is 0 Å². The fourth-order valence-electron chi connectivity index (χ4n) is 0. The molecule has 4 nitrogen and oxygen atoms in total. The second kappa shape index (κ2) is 9.07. The van der Waals surface area contributed by atoms with Crippen molar-refractivity contribution < 1.29 is 49.2 Å². The van der Waals surface area contributed by atoms with Crippen LogP contribution in [0.25, 0.3) is 0 Å². The average molecular weight is 265 g/mol. The first-order chi connectivity index (χ1) is 1.73. The number of rotatable bonds is 0. The monoisotopic (exact) mass is 267 g/mol. The Morgan fingerprint density at radius 1 is 1.50 bits per heavy atom. The quantitative estimate of drug-likeness (QED) is 0.370. The predicted molar refractivity (Wildman–Crippen MR) is 8.78 cm³/mol. The van der Waals surface area contributed by atoms with Gasteiger partial charge in [0.25, 0.3) is 5.09 Å². The largest absolute Gasteiger partial charge is 0.328 e. The van der Waals surface area contributed by atoms with Crippen LogP contribution >= 0.6 is 0 Å². The third kappa shape index (κ3) is 265. The fourth-order valence-corrected chi connectivity index (χ4v) is 0. The van der Waals surface area contributed by atoms with E-state index in [0.717, 1.165) is 0 Å². The molecule has 0 unspecified atom stereocenters. The SMILES string of the molecule is O=[N+]([O-])O.[Ru].[Ru]. The van der Waals surface area contributed by atoms with Gasteiger partial charge < -0.3 is 5.21 Å². The number of nitrogens with zero attached hydrogens (tertiary/aromatic N) is 1. The molecule has 0 fully saturated rings. The molecule has 6 heteroatoms. The minimum atomic E-state index is -1.50. The van der Waals surface area contributed by atoms with Crippen molar-refractivity contribution in [3.63, 3.8) is 0 Å². The first-order valence-corrected chi connectivity index (χ1v) is 0.565. The predicted octanol–water partition coefficient (Wildman–Crippen LogP) is -0.353. The zero-order valence-corrected chi connectivity index (χ0v) is 5.89. The van der Waals surface area contributed by atoms with Crippen LogP contribution in [0.5, 0.6) is 0 Å². The summed E-state index contributed by atoms with van der Waals surface area (Å²) in [5.74, 6) is 0. The fraction of sp³-hybridized carbons (Fsp3) is 0. The standard InChI is InChI=1S/HNO3.2Ru/c2-1(3)4;;/h(H,2,3,4);;. The minimum Gasteiger partial charge on any atom is -0.328 e. The van der Waals surface area contributed by atoms with Crippen LogP contribution in [0.15, 0.2) is 0 Å². The summed E-state index contributed by atoms with van der Waals surface area (Å²) in [6.07, 6.45) is 0. The smallest absolute Gasteiger partial charge is 0.291 e. The minimum absolute atomic E-state index is 0. The third-order valence-electron chi connectivity index (χ3n) is 0. The Kier molecular flexibility index (Phi) is 24.3. The molecule has 1 N–H and O–H groups in total. The van der Waals surface area contributed by atoms with Gasteiger partial charge in [-0.15, -0.1) is 10.1 Å². The van der Waals surface area contributed by atoms with Gasteiger partial charge in [0.2, 0.25) is 0 Å². The molecule has 40 valence electrons. The third-order valence-corrected chi connectivity index (χ3v) is 0. The molecule has 6 heavy (non-hydrogen) atoms. The van der Waals surface area contributed by atoms with Crippen LogP contribution in [0.3, 0.4) is 0 Å². The van der Waals surface area contributed by atoms with E-state index in [1.165, 1.54) is 0 Å². The summed E-state index contributed by atoms with van der Waals surface area (Å²) in [5.41, 5.74) is 0. The van der Waals surface area contributed by atoms with Crippen molar-refractivity contribution in [1.29, 1.82) is 0 Å². The van der Waals surface area contributed by atoms with Gasteiger partial charge in [0.15, 0.2) is 0 Å². The van der Waals surface area contributed by atoms with Crippen molar-refractivity contribution in [3.05, 3.63) is 10.1 Å². The first kappa shape index (κ1) is 16.1. The molecule has 0 atom stereocenters. The molecule has 0 bridgehead atoms. The van der Waals surface area contributed by atoms with Crippen LogP contribution in [0.1, 0.15) is 0 Å². The van der Waals surface area contributed by atoms with Crippen LogP contribution in [0, 0.1) is 10.1 Å². The van der Waals surface area contributed by atoms with Gasteiger partial charge in [0, 0.05) is 39.0 Å². The molecular formula is HNO3Ru2. The van der Waals surface area contributed by atoms with Gasteiger partial charge in [-0.05, 0) is 0 Å². The summed E-state index contributed by atoms with van der Waals surface area (Å²) in [7, 11) is 0. The Labute approximate surface area is 59.5 Å². The normalized spacial score (nSPS) is 4.00. The summed E-state index contributed by atoms with van der Waals surface area (Å²) in [6.45, 7) is 0. The van der Waals surface area contributed by atoms with E-state index in [1.54, 1.807) is 0 Å². The van der Waals surface area contributed by atoms with Crippen LogP contribution in [0.4, 0.5) is 0 Å². The second-order valence-corrected chi connectivity index (χ2v) is 0.238. The molecule has 0 radical (unpaired) electrons. The molecule has 0 aromatic heterocycles. The van der Waals surface area contributed by atoms with Crippen LogP contribution < -0.4 is 0 Å². The van der Waals surface area contributed by atoms with Gasteiger partial charge in [-0.25, -0.2) is 0 Å². The van der Waals surface area contributed by atoms with Gasteiger partial charge in [-0.3, -0.25) is 0 Å².